The molecule has 0 spiro atoms. The van der Waals surface area contributed by atoms with E-state index in [0.29, 0.717) is 5.11 Å². The third kappa shape index (κ3) is 4.54. The molecule has 0 saturated carbocycles. The van der Waals surface area contributed by atoms with E-state index in [0.717, 1.165) is 10.0 Å². The topological polar surface area (TPSA) is 71.0 Å². The van der Waals surface area contributed by atoms with Gasteiger partial charge in [-0.05, 0) is 36.0 Å². The molecule has 0 radical (unpaired) electrons. The summed E-state index contributed by atoms with van der Waals surface area (Å²) in [6, 6.07) is 9.45. The number of hydrazine groups is 1. The monoisotopic (exact) mass is 381 g/mol. The molecule has 0 aliphatic carbocycles. The summed E-state index contributed by atoms with van der Waals surface area (Å²) in [6.45, 7) is 0. The fourth-order valence-corrected chi connectivity index (χ4v) is 2.43. The third-order valence-electron chi connectivity index (χ3n) is 3.00. The normalized spacial score (nSPS) is 11.5. The maximum atomic E-state index is 12.1. The standard InChI is InChI=1S/C14H16BrN5OS/c1-16-14(22)19-18-13(21)9-12(20-7-3-6-17-20)10-4-2-5-11(15)8-10/h2-8,12H,9H2,1H3,(H,18,21)(H2,16,19,22). The molecule has 8 heteroatoms. The Morgan fingerprint density at radius 2 is 2.23 bits per heavy atom. The minimum Gasteiger partial charge on any atom is -0.364 e. The molecule has 0 saturated heterocycles. The second-order valence-electron chi connectivity index (χ2n) is 4.51. The molecule has 1 atom stereocenters. The van der Waals surface area contributed by atoms with E-state index in [9.17, 15) is 4.79 Å². The highest BCUT2D eigenvalue weighted by atomic mass is 79.9. The lowest BCUT2D eigenvalue weighted by Crippen LogP contribution is -2.46. The summed E-state index contributed by atoms with van der Waals surface area (Å²) in [4.78, 5) is 12.1. The van der Waals surface area contributed by atoms with Crippen LogP contribution in [0.25, 0.3) is 0 Å². The van der Waals surface area contributed by atoms with Crippen molar-refractivity contribution in [2.45, 2.75) is 12.5 Å². The number of nitrogens with zero attached hydrogens (tertiary/aromatic N) is 2. The summed E-state index contributed by atoms with van der Waals surface area (Å²) in [5.74, 6) is -0.182. The van der Waals surface area contributed by atoms with Crippen LogP contribution in [0.3, 0.4) is 0 Å². The Kier molecular flexibility index (Phi) is 5.91. The van der Waals surface area contributed by atoms with E-state index in [4.69, 9.17) is 12.2 Å². The number of amides is 1. The molecule has 6 nitrogen and oxygen atoms in total. The maximum absolute atomic E-state index is 12.1. The van der Waals surface area contributed by atoms with Crippen molar-refractivity contribution < 1.29 is 4.79 Å². The molecule has 22 heavy (non-hydrogen) atoms. The third-order valence-corrected chi connectivity index (χ3v) is 3.80. The van der Waals surface area contributed by atoms with Gasteiger partial charge in [0.2, 0.25) is 5.91 Å². The number of halogens is 1. The van der Waals surface area contributed by atoms with Crippen molar-refractivity contribution in [2.24, 2.45) is 0 Å². The summed E-state index contributed by atoms with van der Waals surface area (Å²) >= 11 is 8.37. The molecule has 1 amide bonds. The van der Waals surface area contributed by atoms with Crippen molar-refractivity contribution in [3.05, 3.63) is 52.8 Å². The number of rotatable bonds is 4. The Morgan fingerprint density at radius 3 is 2.86 bits per heavy atom. The molecule has 0 aliphatic rings. The van der Waals surface area contributed by atoms with Crippen LogP contribution in [0.1, 0.15) is 18.0 Å². The largest absolute Gasteiger partial charge is 0.364 e. The number of nitrogens with one attached hydrogen (secondary N) is 3. The fraction of sp³-hybridized carbons (Fsp3) is 0.214. The van der Waals surface area contributed by atoms with Gasteiger partial charge in [0.15, 0.2) is 5.11 Å². The first-order valence-electron chi connectivity index (χ1n) is 6.61. The zero-order chi connectivity index (χ0) is 15.9. The lowest BCUT2D eigenvalue weighted by atomic mass is 10.0. The molecule has 1 aromatic carbocycles. The SMILES string of the molecule is CNC(=S)NNC(=O)CC(c1cccc(Br)c1)n1cccn1. The molecule has 3 N–H and O–H groups in total. The van der Waals surface area contributed by atoms with Gasteiger partial charge in [0.05, 0.1) is 12.5 Å². The van der Waals surface area contributed by atoms with E-state index in [1.165, 1.54) is 0 Å². The van der Waals surface area contributed by atoms with Crippen molar-refractivity contribution in [2.75, 3.05) is 7.05 Å². The Bertz CT molecular complexity index is 646. The van der Waals surface area contributed by atoms with Crippen LogP contribution in [-0.4, -0.2) is 27.8 Å². The number of carbonyl (C=O) groups is 1. The van der Waals surface area contributed by atoms with Gasteiger partial charge in [-0.25, -0.2) is 0 Å². The predicted octanol–water partition coefficient (Wildman–Crippen LogP) is 1.75. The van der Waals surface area contributed by atoms with Gasteiger partial charge in [0.25, 0.3) is 0 Å². The highest BCUT2D eigenvalue weighted by Crippen LogP contribution is 2.24. The second kappa shape index (κ2) is 7.90. The van der Waals surface area contributed by atoms with Crippen LogP contribution in [0.5, 0.6) is 0 Å². The number of benzene rings is 1. The summed E-state index contributed by atoms with van der Waals surface area (Å²) in [5, 5.41) is 7.33. The minimum atomic E-state index is -0.197. The first kappa shape index (κ1) is 16.4. The van der Waals surface area contributed by atoms with E-state index in [-0.39, 0.29) is 18.4 Å². The summed E-state index contributed by atoms with van der Waals surface area (Å²) in [6.07, 6.45) is 3.76. The average molecular weight is 382 g/mol. The predicted molar refractivity (Wildman–Crippen MR) is 92.1 cm³/mol. The van der Waals surface area contributed by atoms with Gasteiger partial charge in [0.1, 0.15) is 0 Å². The van der Waals surface area contributed by atoms with Crippen LogP contribution in [0, 0.1) is 0 Å². The average Bonchev–Trinajstić information content (AvgIpc) is 3.04. The quantitative estimate of drug-likeness (QED) is 0.555. The Morgan fingerprint density at radius 1 is 1.41 bits per heavy atom. The Labute approximate surface area is 142 Å². The van der Waals surface area contributed by atoms with Crippen molar-refractivity contribution in [3.8, 4) is 0 Å². The van der Waals surface area contributed by atoms with Crippen LogP contribution >= 0.6 is 28.1 Å². The summed E-state index contributed by atoms with van der Waals surface area (Å²) in [5.41, 5.74) is 6.18. The van der Waals surface area contributed by atoms with E-state index in [2.05, 4.69) is 37.2 Å². The smallest absolute Gasteiger partial charge is 0.240 e. The van der Waals surface area contributed by atoms with Crippen molar-refractivity contribution in [3.63, 3.8) is 0 Å². The zero-order valence-electron chi connectivity index (χ0n) is 11.9. The molecule has 0 bridgehead atoms. The van der Waals surface area contributed by atoms with Gasteiger partial charge in [-0.15, -0.1) is 0 Å². The molecule has 2 aromatic rings. The van der Waals surface area contributed by atoms with Crippen LogP contribution in [0.2, 0.25) is 0 Å². The minimum absolute atomic E-state index is 0.182. The van der Waals surface area contributed by atoms with Crippen LogP contribution < -0.4 is 16.2 Å². The first-order chi connectivity index (χ1) is 10.6. The van der Waals surface area contributed by atoms with Gasteiger partial charge in [-0.3, -0.25) is 20.3 Å². The number of hydrogen-bond donors (Lipinski definition) is 3. The van der Waals surface area contributed by atoms with Crippen molar-refractivity contribution in [1.29, 1.82) is 0 Å². The molecule has 1 aromatic heterocycles. The van der Waals surface area contributed by atoms with E-state index in [1.807, 2.05) is 36.5 Å². The van der Waals surface area contributed by atoms with Crippen molar-refractivity contribution in [1.82, 2.24) is 25.9 Å². The number of carbonyl (C=O) groups excluding carboxylic acids is 1. The molecule has 116 valence electrons. The second-order valence-corrected chi connectivity index (χ2v) is 5.84. The number of hydrogen-bond acceptors (Lipinski definition) is 3. The highest BCUT2D eigenvalue weighted by Gasteiger charge is 2.18. The molecule has 0 aliphatic heterocycles. The Balaban J connectivity index is 2.13. The molecule has 2 rings (SSSR count). The molecule has 0 fully saturated rings. The lowest BCUT2D eigenvalue weighted by molar-refractivity contribution is -0.122. The van der Waals surface area contributed by atoms with Crippen LogP contribution in [-0.2, 0) is 4.79 Å². The Hall–Kier alpha value is -1.93. The fourth-order valence-electron chi connectivity index (χ4n) is 1.96. The number of thiocarbonyl (C=S) groups is 1. The van der Waals surface area contributed by atoms with Gasteiger partial charge < -0.3 is 5.32 Å². The highest BCUT2D eigenvalue weighted by molar-refractivity contribution is 9.10. The van der Waals surface area contributed by atoms with E-state index >= 15 is 0 Å². The van der Waals surface area contributed by atoms with Crippen LogP contribution in [0.15, 0.2) is 47.2 Å². The maximum Gasteiger partial charge on any atom is 0.240 e. The van der Waals surface area contributed by atoms with Gasteiger partial charge in [-0.2, -0.15) is 5.10 Å². The molecular weight excluding hydrogens is 366 g/mol. The van der Waals surface area contributed by atoms with Gasteiger partial charge in [0, 0.05) is 23.9 Å². The lowest BCUT2D eigenvalue weighted by Gasteiger charge is -2.18. The molecule has 1 heterocycles. The van der Waals surface area contributed by atoms with Crippen LogP contribution in [0.4, 0.5) is 0 Å². The van der Waals surface area contributed by atoms with Gasteiger partial charge in [-0.1, -0.05) is 28.1 Å². The zero-order valence-corrected chi connectivity index (χ0v) is 14.3. The summed E-state index contributed by atoms with van der Waals surface area (Å²) < 4.78 is 2.72. The first-order valence-corrected chi connectivity index (χ1v) is 7.81. The van der Waals surface area contributed by atoms with E-state index in [1.54, 1.807) is 17.9 Å². The van der Waals surface area contributed by atoms with Crippen molar-refractivity contribution >= 4 is 39.2 Å². The summed E-state index contributed by atoms with van der Waals surface area (Å²) in [7, 11) is 1.68. The van der Waals surface area contributed by atoms with E-state index < -0.39 is 0 Å². The molecule has 1 unspecified atom stereocenters. The molecular formula is C14H16BrN5OS. The van der Waals surface area contributed by atoms with Gasteiger partial charge >= 0.3 is 0 Å². The number of aromatic nitrogens is 2.